The van der Waals surface area contributed by atoms with Crippen LogP contribution in [-0.4, -0.2) is 17.7 Å². The molecule has 7 heteroatoms. The number of aromatic nitrogens is 1. The standard InChI is InChI=1S/C20H15BrN2O3S/c21-14-4-6-15(7-5-14)27-20-16(2-1-9-22-20)19(24)23-11-13-3-8-17-18(10-13)26-12-25-17/h1-10H,11-12H2,(H,23,24). The number of fused-ring (bicyclic) bond motifs is 1. The van der Waals surface area contributed by atoms with E-state index in [0.29, 0.717) is 22.9 Å². The topological polar surface area (TPSA) is 60.5 Å². The van der Waals surface area contributed by atoms with Crippen LogP contribution in [0.15, 0.2) is 75.2 Å². The fourth-order valence-electron chi connectivity index (χ4n) is 2.59. The molecule has 2 aromatic carbocycles. The summed E-state index contributed by atoms with van der Waals surface area (Å²) in [5.41, 5.74) is 1.49. The van der Waals surface area contributed by atoms with E-state index in [1.54, 1.807) is 18.3 Å². The highest BCUT2D eigenvalue weighted by Crippen LogP contribution is 2.33. The smallest absolute Gasteiger partial charge is 0.254 e. The van der Waals surface area contributed by atoms with Crippen molar-refractivity contribution in [1.82, 2.24) is 10.3 Å². The van der Waals surface area contributed by atoms with Crippen LogP contribution in [0, 0.1) is 0 Å². The van der Waals surface area contributed by atoms with Crippen LogP contribution in [0.4, 0.5) is 0 Å². The fourth-order valence-corrected chi connectivity index (χ4v) is 3.73. The Labute approximate surface area is 169 Å². The number of nitrogens with one attached hydrogen (secondary N) is 1. The van der Waals surface area contributed by atoms with Crippen molar-refractivity contribution in [3.05, 3.63) is 76.4 Å². The predicted molar refractivity (Wildman–Crippen MR) is 106 cm³/mol. The molecular weight excluding hydrogens is 428 g/mol. The predicted octanol–water partition coefficient (Wildman–Crippen LogP) is 4.65. The Morgan fingerprint density at radius 3 is 2.78 bits per heavy atom. The lowest BCUT2D eigenvalue weighted by Crippen LogP contribution is -2.23. The number of hydrogen-bond donors (Lipinski definition) is 1. The highest BCUT2D eigenvalue weighted by molar-refractivity contribution is 9.10. The maximum atomic E-state index is 12.7. The molecule has 5 nitrogen and oxygen atoms in total. The first-order valence-electron chi connectivity index (χ1n) is 8.24. The SMILES string of the molecule is O=C(NCc1ccc2c(c1)OCO2)c1cccnc1Sc1ccc(Br)cc1. The van der Waals surface area contributed by atoms with E-state index >= 15 is 0 Å². The van der Waals surface area contributed by atoms with Crippen LogP contribution < -0.4 is 14.8 Å². The maximum Gasteiger partial charge on any atom is 0.254 e. The molecule has 0 saturated heterocycles. The summed E-state index contributed by atoms with van der Waals surface area (Å²) in [6.45, 7) is 0.629. The maximum absolute atomic E-state index is 12.7. The number of pyridine rings is 1. The molecule has 27 heavy (non-hydrogen) atoms. The molecule has 0 bridgehead atoms. The van der Waals surface area contributed by atoms with Crippen LogP contribution in [0.25, 0.3) is 0 Å². The molecule has 0 fully saturated rings. The fraction of sp³-hybridized carbons (Fsp3) is 0.100. The van der Waals surface area contributed by atoms with Crippen molar-refractivity contribution in [3.63, 3.8) is 0 Å². The average Bonchev–Trinajstić information content (AvgIpc) is 3.16. The zero-order valence-electron chi connectivity index (χ0n) is 14.1. The van der Waals surface area contributed by atoms with Crippen molar-refractivity contribution in [1.29, 1.82) is 0 Å². The van der Waals surface area contributed by atoms with E-state index in [4.69, 9.17) is 9.47 Å². The van der Waals surface area contributed by atoms with Crippen LogP contribution >= 0.6 is 27.7 Å². The Bertz CT molecular complexity index is 979. The Balaban J connectivity index is 1.46. The molecule has 0 radical (unpaired) electrons. The summed E-state index contributed by atoms with van der Waals surface area (Å²) < 4.78 is 11.7. The van der Waals surface area contributed by atoms with Gasteiger partial charge in [0, 0.05) is 22.1 Å². The number of nitrogens with zero attached hydrogens (tertiary/aromatic N) is 1. The molecule has 0 atom stereocenters. The first-order chi connectivity index (χ1) is 13.2. The molecule has 0 spiro atoms. The minimum absolute atomic E-state index is 0.166. The number of carbonyl (C=O) groups excluding carboxylic acids is 1. The van der Waals surface area contributed by atoms with Crippen LogP contribution in [0.3, 0.4) is 0 Å². The Morgan fingerprint density at radius 2 is 1.93 bits per heavy atom. The second kappa shape index (κ2) is 8.02. The van der Waals surface area contributed by atoms with E-state index in [0.717, 1.165) is 20.7 Å². The molecule has 3 aromatic rings. The molecule has 1 N–H and O–H groups in total. The number of amides is 1. The Kier molecular flexibility index (Phi) is 5.31. The van der Waals surface area contributed by atoms with E-state index in [-0.39, 0.29) is 12.7 Å². The van der Waals surface area contributed by atoms with Gasteiger partial charge < -0.3 is 14.8 Å². The molecule has 0 saturated carbocycles. The van der Waals surface area contributed by atoms with Crippen molar-refractivity contribution in [2.24, 2.45) is 0 Å². The van der Waals surface area contributed by atoms with Gasteiger partial charge >= 0.3 is 0 Å². The molecule has 1 amide bonds. The van der Waals surface area contributed by atoms with Gasteiger partial charge in [-0.2, -0.15) is 0 Å². The average molecular weight is 443 g/mol. The summed E-state index contributed by atoms with van der Waals surface area (Å²) >= 11 is 4.88. The lowest BCUT2D eigenvalue weighted by atomic mass is 10.2. The summed E-state index contributed by atoms with van der Waals surface area (Å²) in [6, 6.07) is 17.1. The lowest BCUT2D eigenvalue weighted by Gasteiger charge is -2.10. The highest BCUT2D eigenvalue weighted by atomic mass is 79.9. The van der Waals surface area contributed by atoms with Gasteiger partial charge in [0.05, 0.1) is 5.56 Å². The van der Waals surface area contributed by atoms with E-state index in [2.05, 4.69) is 26.2 Å². The van der Waals surface area contributed by atoms with Gasteiger partial charge in [-0.1, -0.05) is 33.8 Å². The van der Waals surface area contributed by atoms with Gasteiger partial charge in [-0.25, -0.2) is 4.98 Å². The summed E-state index contributed by atoms with van der Waals surface area (Å²) in [4.78, 5) is 18.1. The number of ether oxygens (including phenoxy) is 2. The summed E-state index contributed by atoms with van der Waals surface area (Å²) in [7, 11) is 0. The molecular formula is C20H15BrN2O3S. The van der Waals surface area contributed by atoms with E-state index in [1.165, 1.54) is 11.8 Å². The third-order valence-corrected chi connectivity index (χ3v) is 5.49. The summed E-state index contributed by atoms with van der Waals surface area (Å²) in [5.74, 6) is 1.26. The molecule has 1 aliphatic rings. The second-order valence-corrected chi connectivity index (χ2v) is 7.76. The Hall–Kier alpha value is -2.51. The number of halogens is 1. The molecule has 4 rings (SSSR count). The first-order valence-corrected chi connectivity index (χ1v) is 9.85. The van der Waals surface area contributed by atoms with Crippen molar-refractivity contribution >= 4 is 33.6 Å². The summed E-state index contributed by atoms with van der Waals surface area (Å²) in [6.07, 6.45) is 1.69. The second-order valence-electron chi connectivity index (χ2n) is 5.78. The monoisotopic (exact) mass is 442 g/mol. The van der Waals surface area contributed by atoms with Gasteiger partial charge in [0.2, 0.25) is 6.79 Å². The van der Waals surface area contributed by atoms with Gasteiger partial charge in [-0.3, -0.25) is 4.79 Å². The van der Waals surface area contributed by atoms with Gasteiger partial charge in [0.15, 0.2) is 11.5 Å². The van der Waals surface area contributed by atoms with Crippen LogP contribution in [0.5, 0.6) is 11.5 Å². The van der Waals surface area contributed by atoms with Crippen molar-refractivity contribution in [2.45, 2.75) is 16.5 Å². The van der Waals surface area contributed by atoms with E-state index in [1.807, 2.05) is 42.5 Å². The highest BCUT2D eigenvalue weighted by Gasteiger charge is 2.16. The van der Waals surface area contributed by atoms with E-state index < -0.39 is 0 Å². The third-order valence-electron chi connectivity index (χ3n) is 3.93. The van der Waals surface area contributed by atoms with Crippen LogP contribution in [0.2, 0.25) is 0 Å². The van der Waals surface area contributed by atoms with Crippen LogP contribution in [-0.2, 0) is 6.54 Å². The molecule has 0 unspecified atom stereocenters. The van der Waals surface area contributed by atoms with Crippen LogP contribution in [0.1, 0.15) is 15.9 Å². The minimum atomic E-state index is -0.166. The number of benzene rings is 2. The van der Waals surface area contributed by atoms with Crippen molar-refractivity contribution in [2.75, 3.05) is 6.79 Å². The van der Waals surface area contributed by atoms with Crippen molar-refractivity contribution < 1.29 is 14.3 Å². The summed E-state index contributed by atoms with van der Waals surface area (Å²) in [5, 5.41) is 3.62. The number of hydrogen-bond acceptors (Lipinski definition) is 5. The zero-order valence-corrected chi connectivity index (χ0v) is 16.5. The molecule has 1 aliphatic heterocycles. The Morgan fingerprint density at radius 1 is 1.11 bits per heavy atom. The molecule has 2 heterocycles. The normalized spacial score (nSPS) is 12.0. The van der Waals surface area contributed by atoms with Gasteiger partial charge in [-0.15, -0.1) is 0 Å². The molecule has 1 aromatic heterocycles. The van der Waals surface area contributed by atoms with E-state index in [9.17, 15) is 4.79 Å². The zero-order chi connectivity index (χ0) is 18.6. The third kappa shape index (κ3) is 4.26. The molecule has 136 valence electrons. The number of carbonyl (C=O) groups is 1. The first kappa shape index (κ1) is 17.9. The minimum Gasteiger partial charge on any atom is -0.454 e. The molecule has 0 aliphatic carbocycles. The quantitative estimate of drug-likeness (QED) is 0.622. The van der Waals surface area contributed by atoms with Crippen molar-refractivity contribution in [3.8, 4) is 11.5 Å². The largest absolute Gasteiger partial charge is 0.454 e. The van der Waals surface area contributed by atoms with Gasteiger partial charge in [-0.05, 0) is 54.1 Å². The lowest BCUT2D eigenvalue weighted by molar-refractivity contribution is 0.0947. The number of rotatable bonds is 5. The van der Waals surface area contributed by atoms with Gasteiger partial charge in [0.25, 0.3) is 5.91 Å². The van der Waals surface area contributed by atoms with Gasteiger partial charge in [0.1, 0.15) is 5.03 Å².